The monoisotopic (exact) mass is 270 g/mol. The van der Waals surface area contributed by atoms with Crippen molar-refractivity contribution in [3.05, 3.63) is 0 Å². The van der Waals surface area contributed by atoms with Gasteiger partial charge in [0, 0.05) is 13.2 Å². The molecule has 0 bridgehead atoms. The standard InChI is InChI=1S/2C2H6O.2ClH.O.Zr/c2*1-2-3;;;;/h2*3H,2H2,1H3;2*1H;;. The minimum absolute atomic E-state index is 0. The summed E-state index contributed by atoms with van der Waals surface area (Å²) in [5.74, 6) is 0. The molecule has 0 aromatic heterocycles. The van der Waals surface area contributed by atoms with Gasteiger partial charge in [-0.15, -0.1) is 24.8 Å². The molecule has 0 rings (SSSR count). The van der Waals surface area contributed by atoms with E-state index >= 15 is 0 Å². The molecule has 10 heavy (non-hydrogen) atoms. The number of hydrogen-bond acceptors (Lipinski definition) is 3. The van der Waals surface area contributed by atoms with Crippen LogP contribution < -0.4 is 0 Å². The van der Waals surface area contributed by atoms with Crippen molar-refractivity contribution in [1.29, 1.82) is 0 Å². The van der Waals surface area contributed by atoms with Crippen LogP contribution in [0.4, 0.5) is 0 Å². The summed E-state index contributed by atoms with van der Waals surface area (Å²) in [5.41, 5.74) is 0. The summed E-state index contributed by atoms with van der Waals surface area (Å²) in [4.78, 5) is 0. The van der Waals surface area contributed by atoms with Gasteiger partial charge in [0.25, 0.3) is 0 Å². The molecule has 66 valence electrons. The molecule has 0 aliphatic carbocycles. The predicted molar refractivity (Wildman–Crippen MR) is 40.7 cm³/mol. The number of aliphatic hydroxyl groups is 2. The molecule has 0 aliphatic heterocycles. The normalized spacial score (nSPS) is 3.90. The van der Waals surface area contributed by atoms with Crippen molar-refractivity contribution in [2.24, 2.45) is 0 Å². The summed E-state index contributed by atoms with van der Waals surface area (Å²) in [7, 11) is 0. The van der Waals surface area contributed by atoms with Crippen molar-refractivity contribution in [3.63, 3.8) is 0 Å². The third kappa shape index (κ3) is 439. The molecular formula is C4H14Cl2O3Zr. The van der Waals surface area contributed by atoms with Gasteiger partial charge in [-0.05, 0) is 13.8 Å². The molecule has 0 saturated carbocycles. The first-order valence-corrected chi connectivity index (χ1v) is 3.25. The first-order chi connectivity index (χ1) is 3.83. The van der Waals surface area contributed by atoms with Gasteiger partial charge in [0.2, 0.25) is 0 Å². The molecule has 0 unspecified atom stereocenters. The van der Waals surface area contributed by atoms with E-state index in [9.17, 15) is 0 Å². The zero-order valence-corrected chi connectivity index (χ0v) is 10.1. The van der Waals surface area contributed by atoms with Gasteiger partial charge >= 0.3 is 27.5 Å². The van der Waals surface area contributed by atoms with Crippen LogP contribution in [0.25, 0.3) is 0 Å². The molecule has 6 heteroatoms. The van der Waals surface area contributed by atoms with E-state index in [-0.39, 0.29) is 38.0 Å². The summed E-state index contributed by atoms with van der Waals surface area (Å²) in [6.45, 7) is 3.86. The molecule has 0 fully saturated rings. The summed E-state index contributed by atoms with van der Waals surface area (Å²) < 4.78 is 8.34. The number of hydrogen-bond donors (Lipinski definition) is 2. The number of aliphatic hydroxyl groups excluding tert-OH is 2. The molecule has 0 radical (unpaired) electrons. The van der Waals surface area contributed by atoms with Crippen molar-refractivity contribution in [3.8, 4) is 0 Å². The zero-order valence-electron chi connectivity index (χ0n) is 6.03. The van der Waals surface area contributed by atoms with Gasteiger partial charge in [-0.1, -0.05) is 0 Å². The molecule has 0 amide bonds. The van der Waals surface area contributed by atoms with Gasteiger partial charge in [0.05, 0.1) is 0 Å². The third-order valence-corrected chi connectivity index (χ3v) is 0. The van der Waals surface area contributed by atoms with E-state index in [2.05, 4.69) is 0 Å². The van der Waals surface area contributed by atoms with Gasteiger partial charge in [-0.2, -0.15) is 0 Å². The van der Waals surface area contributed by atoms with Crippen LogP contribution in [-0.2, 0) is 27.5 Å². The van der Waals surface area contributed by atoms with Gasteiger partial charge in [-0.3, -0.25) is 0 Å². The Bertz CT molecular complexity index is 26.0. The van der Waals surface area contributed by atoms with Gasteiger partial charge < -0.3 is 10.2 Å². The Kier molecular flexibility index (Phi) is 257. The van der Waals surface area contributed by atoms with Crippen molar-refractivity contribution in [2.45, 2.75) is 13.8 Å². The van der Waals surface area contributed by atoms with E-state index in [0.717, 1.165) is 0 Å². The average Bonchev–Trinajstić information content (AvgIpc) is 1.75. The van der Waals surface area contributed by atoms with E-state index in [0.29, 0.717) is 24.7 Å². The summed E-state index contributed by atoms with van der Waals surface area (Å²) in [5, 5.41) is 15.1. The Hall–Kier alpha value is 1.18. The number of rotatable bonds is 0. The van der Waals surface area contributed by atoms with Gasteiger partial charge in [0.15, 0.2) is 0 Å². The van der Waals surface area contributed by atoms with Crippen molar-refractivity contribution < 1.29 is 37.7 Å². The van der Waals surface area contributed by atoms with Crippen LogP contribution in [0.1, 0.15) is 13.8 Å². The molecular weight excluding hydrogens is 258 g/mol. The van der Waals surface area contributed by atoms with Crippen LogP contribution in [-0.4, -0.2) is 23.4 Å². The van der Waals surface area contributed by atoms with Crippen LogP contribution in [0.2, 0.25) is 0 Å². The zero-order chi connectivity index (χ0) is 7.41. The Labute approximate surface area is 89.3 Å². The molecule has 0 atom stereocenters. The Morgan fingerprint density at radius 2 is 1.00 bits per heavy atom. The first-order valence-electron chi connectivity index (χ1n) is 2.25. The number of halogens is 2. The van der Waals surface area contributed by atoms with E-state index in [1.807, 2.05) is 0 Å². The molecule has 3 nitrogen and oxygen atoms in total. The maximum absolute atomic E-state index is 8.34. The topological polar surface area (TPSA) is 57.5 Å². The second-order valence-electron chi connectivity index (χ2n) is 0.632. The Morgan fingerprint density at radius 3 is 1.00 bits per heavy atom. The van der Waals surface area contributed by atoms with Crippen molar-refractivity contribution in [1.82, 2.24) is 0 Å². The van der Waals surface area contributed by atoms with Crippen LogP contribution in [0.5, 0.6) is 0 Å². The average molecular weight is 272 g/mol. The maximum atomic E-state index is 8.34. The summed E-state index contributed by atoms with van der Waals surface area (Å²) in [6.07, 6.45) is 0. The van der Waals surface area contributed by atoms with Crippen LogP contribution in [0, 0.1) is 0 Å². The van der Waals surface area contributed by atoms with E-state index < -0.39 is 0 Å². The minimum atomic E-state index is 0. The van der Waals surface area contributed by atoms with Crippen LogP contribution in [0.3, 0.4) is 0 Å². The fourth-order valence-corrected chi connectivity index (χ4v) is 0. The van der Waals surface area contributed by atoms with Crippen LogP contribution >= 0.6 is 24.8 Å². The summed E-state index contributed by atoms with van der Waals surface area (Å²) >= 11 is 0.300. The van der Waals surface area contributed by atoms with Gasteiger partial charge in [-0.25, -0.2) is 0 Å². The fraction of sp³-hybridized carbons (Fsp3) is 1.00. The molecule has 2 N–H and O–H groups in total. The molecule has 0 aliphatic rings. The Balaban J connectivity index is -0.0000000116. The van der Waals surface area contributed by atoms with Crippen molar-refractivity contribution in [2.75, 3.05) is 13.2 Å². The molecule has 0 spiro atoms. The molecule has 0 saturated heterocycles. The van der Waals surface area contributed by atoms with Gasteiger partial charge in [0.1, 0.15) is 0 Å². The quantitative estimate of drug-likeness (QED) is 0.683. The molecule has 0 aromatic carbocycles. The van der Waals surface area contributed by atoms with Crippen LogP contribution in [0.15, 0.2) is 0 Å². The van der Waals surface area contributed by atoms with E-state index in [4.69, 9.17) is 13.0 Å². The first kappa shape index (κ1) is 30.3. The van der Waals surface area contributed by atoms with Crippen molar-refractivity contribution >= 4 is 24.8 Å². The SMILES string of the molecule is CCO.CCO.Cl.Cl.[O]=[Zr]. The third-order valence-electron chi connectivity index (χ3n) is 0. The molecule has 0 aromatic rings. The Morgan fingerprint density at radius 1 is 1.00 bits per heavy atom. The molecule has 0 heterocycles. The second-order valence-corrected chi connectivity index (χ2v) is 0.632. The fourth-order valence-electron chi connectivity index (χ4n) is 0. The second kappa shape index (κ2) is 84.8. The van der Waals surface area contributed by atoms with E-state index in [1.54, 1.807) is 13.8 Å². The summed E-state index contributed by atoms with van der Waals surface area (Å²) in [6, 6.07) is 0. The van der Waals surface area contributed by atoms with E-state index in [1.165, 1.54) is 0 Å². The predicted octanol–water partition coefficient (Wildman–Crippen LogP) is 0.719.